The van der Waals surface area contributed by atoms with Crippen LogP contribution in [0.4, 0.5) is 4.79 Å². The Morgan fingerprint density at radius 1 is 1.34 bits per heavy atom. The Kier molecular flexibility index (Phi) is 6.03. The lowest BCUT2D eigenvalue weighted by atomic mass is 9.65. The van der Waals surface area contributed by atoms with Crippen LogP contribution in [0.5, 0.6) is 0 Å². The SMILES string of the molecule is C=CCN1C(=O)C2CCC1(C(NC(=O)O)c1ccc(S(=O)(=O)CCC)cc1)CC2. The van der Waals surface area contributed by atoms with Crippen LogP contribution in [0.25, 0.3) is 0 Å². The first kappa shape index (κ1) is 21.4. The third-order valence-electron chi connectivity index (χ3n) is 6.17. The second-order valence-electron chi connectivity index (χ2n) is 7.89. The number of carboxylic acid groups (broad SMARTS) is 1. The quantitative estimate of drug-likeness (QED) is 0.629. The molecule has 29 heavy (non-hydrogen) atoms. The molecule has 2 bridgehead atoms. The van der Waals surface area contributed by atoms with Crippen LogP contribution in [0.15, 0.2) is 41.8 Å². The van der Waals surface area contributed by atoms with Crippen LogP contribution >= 0.6 is 0 Å². The van der Waals surface area contributed by atoms with Crippen molar-refractivity contribution in [2.75, 3.05) is 12.3 Å². The summed E-state index contributed by atoms with van der Waals surface area (Å²) < 4.78 is 24.6. The van der Waals surface area contributed by atoms with Crippen molar-refractivity contribution in [1.29, 1.82) is 0 Å². The first-order chi connectivity index (χ1) is 13.7. The Morgan fingerprint density at radius 2 is 1.97 bits per heavy atom. The Morgan fingerprint density at radius 3 is 2.48 bits per heavy atom. The zero-order valence-electron chi connectivity index (χ0n) is 16.6. The van der Waals surface area contributed by atoms with Gasteiger partial charge in [-0.1, -0.05) is 25.1 Å². The fourth-order valence-electron chi connectivity index (χ4n) is 4.83. The monoisotopic (exact) mass is 420 g/mol. The summed E-state index contributed by atoms with van der Waals surface area (Å²) >= 11 is 0. The van der Waals surface area contributed by atoms with Gasteiger partial charge in [0.15, 0.2) is 9.84 Å². The zero-order valence-corrected chi connectivity index (χ0v) is 17.5. The first-order valence-corrected chi connectivity index (χ1v) is 11.6. The van der Waals surface area contributed by atoms with Gasteiger partial charge < -0.3 is 15.3 Å². The molecule has 0 radical (unpaired) electrons. The molecule has 1 unspecified atom stereocenters. The van der Waals surface area contributed by atoms with Crippen molar-refractivity contribution in [3.8, 4) is 0 Å². The third kappa shape index (κ3) is 3.90. The van der Waals surface area contributed by atoms with Crippen molar-refractivity contribution in [3.05, 3.63) is 42.5 Å². The highest BCUT2D eigenvalue weighted by molar-refractivity contribution is 7.91. The van der Waals surface area contributed by atoms with Gasteiger partial charge in [-0.3, -0.25) is 4.79 Å². The molecule has 1 atom stereocenters. The second kappa shape index (κ2) is 8.18. The summed E-state index contributed by atoms with van der Waals surface area (Å²) in [7, 11) is -3.36. The molecule has 2 aliphatic heterocycles. The van der Waals surface area contributed by atoms with E-state index in [9.17, 15) is 23.1 Å². The van der Waals surface area contributed by atoms with Crippen molar-refractivity contribution < 1.29 is 23.1 Å². The molecule has 7 nitrogen and oxygen atoms in total. The number of fused-ring (bicyclic) bond motifs is 3. The number of sulfone groups is 1. The molecule has 0 aromatic heterocycles. The molecule has 1 aliphatic carbocycles. The lowest BCUT2D eigenvalue weighted by Gasteiger charge is -2.57. The molecular formula is C21H28N2O5S. The van der Waals surface area contributed by atoms with E-state index in [4.69, 9.17) is 0 Å². The van der Waals surface area contributed by atoms with E-state index in [1.165, 1.54) is 12.1 Å². The minimum atomic E-state index is -3.36. The zero-order chi connectivity index (χ0) is 21.2. The van der Waals surface area contributed by atoms with E-state index in [2.05, 4.69) is 11.9 Å². The summed E-state index contributed by atoms with van der Waals surface area (Å²) in [5.74, 6) is 0.0985. The molecule has 1 saturated carbocycles. The molecule has 158 valence electrons. The average Bonchev–Trinajstić information content (AvgIpc) is 2.69. The smallest absolute Gasteiger partial charge is 0.405 e. The summed E-state index contributed by atoms with van der Waals surface area (Å²) in [6.45, 7) is 5.92. The Labute approximate surface area is 171 Å². The highest BCUT2D eigenvalue weighted by Crippen LogP contribution is 2.50. The first-order valence-electron chi connectivity index (χ1n) is 9.99. The van der Waals surface area contributed by atoms with Gasteiger partial charge in [-0.25, -0.2) is 13.2 Å². The van der Waals surface area contributed by atoms with E-state index < -0.39 is 27.5 Å². The number of hydrogen-bond donors (Lipinski definition) is 2. The second-order valence-corrected chi connectivity index (χ2v) is 9.99. The normalized spacial score (nSPS) is 24.9. The van der Waals surface area contributed by atoms with Gasteiger partial charge in [0.2, 0.25) is 5.91 Å². The summed E-state index contributed by atoms with van der Waals surface area (Å²) in [6.07, 6.45) is 3.86. The van der Waals surface area contributed by atoms with Crippen molar-refractivity contribution in [2.45, 2.75) is 55.5 Å². The molecule has 2 saturated heterocycles. The average molecular weight is 421 g/mol. The number of hydrogen-bond acceptors (Lipinski definition) is 4. The summed E-state index contributed by atoms with van der Waals surface area (Å²) in [5, 5.41) is 12.1. The number of carbonyl (C=O) groups is 2. The van der Waals surface area contributed by atoms with Crippen LogP contribution in [0.2, 0.25) is 0 Å². The number of rotatable bonds is 8. The summed E-state index contributed by atoms with van der Waals surface area (Å²) in [4.78, 5) is 26.5. The van der Waals surface area contributed by atoms with Gasteiger partial charge >= 0.3 is 6.09 Å². The van der Waals surface area contributed by atoms with E-state index in [0.717, 1.165) is 12.8 Å². The van der Waals surface area contributed by atoms with Crippen molar-refractivity contribution in [1.82, 2.24) is 10.2 Å². The molecule has 4 rings (SSSR count). The lowest BCUT2D eigenvalue weighted by Crippen LogP contribution is -2.66. The number of amides is 2. The highest BCUT2D eigenvalue weighted by atomic mass is 32.2. The minimum absolute atomic E-state index is 0.0103. The van der Waals surface area contributed by atoms with Crippen LogP contribution < -0.4 is 5.32 Å². The Hall–Kier alpha value is -2.35. The maximum Gasteiger partial charge on any atom is 0.405 e. The molecule has 2 N–H and O–H groups in total. The number of carbonyl (C=O) groups excluding carboxylic acids is 1. The van der Waals surface area contributed by atoms with Crippen molar-refractivity contribution >= 4 is 21.8 Å². The standard InChI is InChI=1S/C21H28N2O5S/c1-3-13-23-19(24)16-9-11-21(23,12-10-16)18(22-20(25)26)15-5-7-17(8-6-15)29(27,28)14-4-2/h3,5-8,16,18,22H,1,4,9-14H2,2H3,(H,25,26). The van der Waals surface area contributed by atoms with Crippen LogP contribution in [-0.4, -0.2) is 48.3 Å². The predicted molar refractivity (Wildman–Crippen MR) is 109 cm³/mol. The number of nitrogens with one attached hydrogen (secondary N) is 1. The maximum atomic E-state index is 12.9. The maximum absolute atomic E-state index is 12.9. The largest absolute Gasteiger partial charge is 0.465 e. The molecule has 2 amide bonds. The van der Waals surface area contributed by atoms with E-state index in [-0.39, 0.29) is 22.5 Å². The fourth-order valence-corrected chi connectivity index (χ4v) is 6.15. The number of piperidine rings is 2. The van der Waals surface area contributed by atoms with Gasteiger partial charge in [0.25, 0.3) is 0 Å². The highest BCUT2D eigenvalue weighted by Gasteiger charge is 2.55. The van der Waals surface area contributed by atoms with E-state index in [1.54, 1.807) is 23.1 Å². The van der Waals surface area contributed by atoms with Crippen molar-refractivity contribution in [2.24, 2.45) is 5.92 Å². The molecule has 3 fully saturated rings. The molecular weight excluding hydrogens is 392 g/mol. The van der Waals surface area contributed by atoms with Gasteiger partial charge in [0.05, 0.1) is 22.2 Å². The van der Waals surface area contributed by atoms with Gasteiger partial charge in [0.1, 0.15) is 0 Å². The summed E-state index contributed by atoms with van der Waals surface area (Å²) in [5.41, 5.74) is -0.0209. The molecule has 0 spiro atoms. The molecule has 1 aromatic carbocycles. The van der Waals surface area contributed by atoms with E-state index in [1.807, 2.05) is 6.92 Å². The summed E-state index contributed by atoms with van der Waals surface area (Å²) in [6, 6.07) is 5.74. The third-order valence-corrected chi connectivity index (χ3v) is 8.10. The topological polar surface area (TPSA) is 104 Å². The lowest BCUT2D eigenvalue weighted by molar-refractivity contribution is -0.158. The van der Waals surface area contributed by atoms with Gasteiger partial charge in [-0.15, -0.1) is 6.58 Å². The Balaban J connectivity index is 2.02. The molecule has 3 aliphatic rings. The molecule has 2 heterocycles. The fraction of sp³-hybridized carbons (Fsp3) is 0.524. The van der Waals surface area contributed by atoms with E-state index >= 15 is 0 Å². The predicted octanol–water partition coefficient (Wildman–Crippen LogP) is 3.14. The minimum Gasteiger partial charge on any atom is -0.465 e. The van der Waals surface area contributed by atoms with E-state index in [0.29, 0.717) is 31.4 Å². The number of nitrogens with zero attached hydrogens (tertiary/aromatic N) is 1. The number of benzene rings is 1. The van der Waals surface area contributed by atoms with Crippen LogP contribution in [0, 0.1) is 5.92 Å². The van der Waals surface area contributed by atoms with Crippen LogP contribution in [0.3, 0.4) is 0 Å². The molecule has 8 heteroatoms. The molecule has 1 aromatic rings. The van der Waals surface area contributed by atoms with Gasteiger partial charge in [-0.2, -0.15) is 0 Å². The van der Waals surface area contributed by atoms with Crippen LogP contribution in [0.1, 0.15) is 50.6 Å². The van der Waals surface area contributed by atoms with Crippen molar-refractivity contribution in [3.63, 3.8) is 0 Å². The van der Waals surface area contributed by atoms with Crippen LogP contribution in [-0.2, 0) is 14.6 Å². The van der Waals surface area contributed by atoms with Gasteiger partial charge in [0, 0.05) is 12.5 Å². The Bertz CT molecular complexity index is 886. The van der Waals surface area contributed by atoms with Gasteiger partial charge in [-0.05, 0) is 49.8 Å².